The average molecular weight is 538 g/mol. The number of allylic oxidation sites excluding steroid dienone is 3. The number of pyridine rings is 1. The van der Waals surface area contributed by atoms with E-state index >= 15 is 0 Å². The number of hydrogen-bond donors (Lipinski definition) is 3. The van der Waals surface area contributed by atoms with Gasteiger partial charge in [0.1, 0.15) is 11.2 Å². The van der Waals surface area contributed by atoms with E-state index in [0.717, 1.165) is 90.9 Å². The van der Waals surface area contributed by atoms with Crippen LogP contribution in [-0.2, 0) is 0 Å². The van der Waals surface area contributed by atoms with Gasteiger partial charge in [-0.2, -0.15) is 9.49 Å². The number of H-pyrrole nitrogens is 2. The number of aromatic amines is 2. The molecule has 3 N–H and O–H groups in total. The minimum Gasteiger partial charge on any atom is -0.353 e. The molecule has 0 aliphatic heterocycles. The second-order valence-electron chi connectivity index (χ2n) is 10.2. The summed E-state index contributed by atoms with van der Waals surface area (Å²) < 4.78 is 13.7. The van der Waals surface area contributed by atoms with Crippen LogP contribution >= 0.6 is 11.3 Å². The lowest BCUT2D eigenvalue weighted by atomic mass is 10.1. The molecule has 0 spiro atoms. The molecule has 0 atom stereocenters. The lowest BCUT2D eigenvalue weighted by Crippen LogP contribution is -2.23. The van der Waals surface area contributed by atoms with E-state index in [-0.39, 0.29) is 5.13 Å². The maximum Gasteiger partial charge on any atom is 0.176 e. The largest absolute Gasteiger partial charge is 0.353 e. The van der Waals surface area contributed by atoms with Gasteiger partial charge in [0.05, 0.1) is 16.9 Å². The molecule has 1 aliphatic rings. The van der Waals surface area contributed by atoms with Crippen molar-refractivity contribution in [2.24, 2.45) is 5.92 Å². The lowest BCUT2D eigenvalue weighted by Gasteiger charge is -2.11. The van der Waals surface area contributed by atoms with Crippen molar-refractivity contribution in [3.8, 4) is 21.8 Å². The Morgan fingerprint density at radius 2 is 2.03 bits per heavy atom. The summed E-state index contributed by atoms with van der Waals surface area (Å²) >= 11 is 1.15. The number of nitrogens with zero attached hydrogens (tertiary/aromatic N) is 2. The van der Waals surface area contributed by atoms with Gasteiger partial charge in [-0.25, -0.2) is 4.98 Å². The van der Waals surface area contributed by atoms with Crippen molar-refractivity contribution >= 4 is 38.8 Å². The highest BCUT2D eigenvalue weighted by molar-refractivity contribution is 7.14. The molecule has 6 rings (SSSR count). The summed E-state index contributed by atoms with van der Waals surface area (Å²) in [5.41, 5.74) is 8.33. The van der Waals surface area contributed by atoms with Crippen LogP contribution in [-0.4, -0.2) is 33.3 Å². The van der Waals surface area contributed by atoms with E-state index in [1.807, 2.05) is 49.4 Å². The minimum atomic E-state index is -0.189. The predicted molar refractivity (Wildman–Crippen MR) is 161 cm³/mol. The zero-order valence-electron chi connectivity index (χ0n) is 22.1. The third kappa shape index (κ3) is 5.24. The first-order chi connectivity index (χ1) is 19.1. The van der Waals surface area contributed by atoms with Crippen molar-refractivity contribution in [2.75, 3.05) is 13.1 Å². The molecule has 1 aliphatic carbocycles. The Hall–Kier alpha value is -3.81. The van der Waals surface area contributed by atoms with E-state index in [4.69, 9.17) is 4.98 Å². The molecule has 0 saturated heterocycles. The molecule has 0 unspecified atom stereocenters. The smallest absolute Gasteiger partial charge is 0.176 e. The Bertz CT molecular complexity index is 1700. The summed E-state index contributed by atoms with van der Waals surface area (Å²) in [6.07, 6.45) is 11.6. The van der Waals surface area contributed by atoms with Crippen LogP contribution in [0.15, 0.2) is 78.9 Å². The number of hydrogen-bond acceptors (Lipinski definition) is 4. The maximum atomic E-state index is 13.7. The van der Waals surface area contributed by atoms with Crippen molar-refractivity contribution < 1.29 is 4.39 Å². The number of thiophene rings is 1. The van der Waals surface area contributed by atoms with Crippen LogP contribution in [0.3, 0.4) is 0 Å². The third-order valence-electron chi connectivity index (χ3n) is 7.61. The fraction of sp³-hybridized carbons (Fsp3) is 0.250. The molecule has 5 aromatic rings. The Balaban J connectivity index is 1.30. The van der Waals surface area contributed by atoms with Crippen molar-refractivity contribution in [1.82, 2.24) is 25.5 Å². The highest BCUT2D eigenvalue weighted by Gasteiger charge is 2.17. The molecule has 0 bridgehead atoms. The summed E-state index contributed by atoms with van der Waals surface area (Å²) in [7, 11) is 0. The standard InChI is InChI=1S/C32H32FN5S/c1-3-20(18-34-19-21-8-5-6-9-21)16-22(4-2)25-12-13-27-31(36-25)32(38-37-27)28-17-24-23(10-7-11-26(24)35-28)29-14-15-30(33)39-29/h3-4,7,10-17,21,34-35H,1,5-6,8-9,18-19H2,2H3,(H,37,38)/b20-16+,22-4+. The number of nitrogens with one attached hydrogen (secondary N) is 3. The van der Waals surface area contributed by atoms with Gasteiger partial charge in [0.15, 0.2) is 5.13 Å². The van der Waals surface area contributed by atoms with Gasteiger partial charge < -0.3 is 10.3 Å². The van der Waals surface area contributed by atoms with E-state index in [9.17, 15) is 4.39 Å². The first kappa shape index (κ1) is 25.5. The fourth-order valence-corrected chi connectivity index (χ4v) is 6.30. The monoisotopic (exact) mass is 537 g/mol. The molecular formula is C32H32FN5S. The van der Waals surface area contributed by atoms with Gasteiger partial charge in [-0.1, -0.05) is 43.7 Å². The van der Waals surface area contributed by atoms with E-state index in [1.54, 1.807) is 0 Å². The molecule has 0 radical (unpaired) electrons. The molecule has 0 amide bonds. The Kier molecular flexibility index (Phi) is 7.26. The van der Waals surface area contributed by atoms with Gasteiger partial charge >= 0.3 is 0 Å². The number of aromatic nitrogens is 4. The van der Waals surface area contributed by atoms with Crippen LogP contribution in [0.5, 0.6) is 0 Å². The molecule has 1 fully saturated rings. The van der Waals surface area contributed by atoms with Crippen LogP contribution in [0, 0.1) is 11.0 Å². The van der Waals surface area contributed by atoms with Crippen molar-refractivity contribution in [2.45, 2.75) is 32.6 Å². The molecule has 4 aromatic heterocycles. The number of rotatable bonds is 9. The highest BCUT2D eigenvalue weighted by atomic mass is 32.1. The molecule has 7 heteroatoms. The zero-order chi connectivity index (χ0) is 26.8. The minimum absolute atomic E-state index is 0.189. The summed E-state index contributed by atoms with van der Waals surface area (Å²) in [6, 6.07) is 15.5. The summed E-state index contributed by atoms with van der Waals surface area (Å²) in [6.45, 7) is 7.93. The van der Waals surface area contributed by atoms with Crippen LogP contribution in [0.1, 0.15) is 38.3 Å². The van der Waals surface area contributed by atoms with Crippen LogP contribution in [0.25, 0.3) is 49.3 Å². The molecule has 1 saturated carbocycles. The van der Waals surface area contributed by atoms with Gasteiger partial charge in [0.25, 0.3) is 0 Å². The first-order valence-electron chi connectivity index (χ1n) is 13.6. The summed E-state index contributed by atoms with van der Waals surface area (Å²) in [5, 5.41) is 12.2. The molecule has 5 nitrogen and oxygen atoms in total. The SMILES string of the molecule is C=C/C(=C\C(=C/C)c1ccc2[nH]nc(-c3cc4c(-c5ccc(F)s5)cccc4[nH]3)c2n1)CNCC1CCCC1. The number of halogens is 1. The van der Waals surface area contributed by atoms with Crippen LogP contribution < -0.4 is 5.32 Å². The van der Waals surface area contributed by atoms with Gasteiger partial charge in [-0.05, 0) is 85.8 Å². The topological polar surface area (TPSA) is 69.4 Å². The highest BCUT2D eigenvalue weighted by Crippen LogP contribution is 2.36. The first-order valence-corrected chi connectivity index (χ1v) is 14.4. The normalized spacial score (nSPS) is 15.1. The second-order valence-corrected chi connectivity index (χ2v) is 11.2. The van der Waals surface area contributed by atoms with Crippen LogP contribution in [0.4, 0.5) is 4.39 Å². The maximum absolute atomic E-state index is 13.7. The molecule has 39 heavy (non-hydrogen) atoms. The van der Waals surface area contributed by atoms with Gasteiger partial charge in [-0.15, -0.1) is 11.3 Å². The Morgan fingerprint density at radius 3 is 2.79 bits per heavy atom. The average Bonchev–Trinajstić information content (AvgIpc) is 3.76. The number of benzene rings is 1. The lowest BCUT2D eigenvalue weighted by molar-refractivity contribution is 0.503. The molecular weight excluding hydrogens is 505 g/mol. The number of fused-ring (bicyclic) bond motifs is 2. The summed E-state index contributed by atoms with van der Waals surface area (Å²) in [4.78, 5) is 9.44. The Morgan fingerprint density at radius 1 is 1.15 bits per heavy atom. The van der Waals surface area contributed by atoms with Crippen LogP contribution in [0.2, 0.25) is 0 Å². The quantitative estimate of drug-likeness (QED) is 0.166. The predicted octanol–water partition coefficient (Wildman–Crippen LogP) is 8.27. The molecule has 1 aromatic carbocycles. The van der Waals surface area contributed by atoms with Crippen molar-refractivity contribution in [1.29, 1.82) is 0 Å². The Labute approximate surface area is 231 Å². The second kappa shape index (κ2) is 11.1. The van der Waals surface area contributed by atoms with Crippen molar-refractivity contribution in [3.63, 3.8) is 0 Å². The van der Waals surface area contributed by atoms with E-state index in [2.05, 4.69) is 45.3 Å². The zero-order valence-corrected chi connectivity index (χ0v) is 22.9. The molecule has 198 valence electrons. The van der Waals surface area contributed by atoms with Gasteiger partial charge in [0, 0.05) is 27.9 Å². The van der Waals surface area contributed by atoms with Gasteiger partial charge in [0.2, 0.25) is 0 Å². The van der Waals surface area contributed by atoms with E-state index < -0.39 is 0 Å². The van der Waals surface area contributed by atoms with E-state index in [0.29, 0.717) is 0 Å². The third-order valence-corrected chi connectivity index (χ3v) is 8.52. The fourth-order valence-electron chi connectivity index (χ4n) is 5.53. The van der Waals surface area contributed by atoms with Crippen molar-refractivity contribution in [3.05, 3.63) is 89.7 Å². The summed E-state index contributed by atoms with van der Waals surface area (Å²) in [5.74, 6) is 0.799. The van der Waals surface area contributed by atoms with Gasteiger partial charge in [-0.3, -0.25) is 5.10 Å². The van der Waals surface area contributed by atoms with E-state index in [1.165, 1.54) is 31.7 Å². The molecule has 4 heterocycles.